The Morgan fingerprint density at radius 3 is 2.50 bits per heavy atom. The molecule has 1 aromatic rings. The summed E-state index contributed by atoms with van der Waals surface area (Å²) in [5.41, 5.74) is 0.128. The molecule has 0 amide bonds. The first-order valence-electron chi connectivity index (χ1n) is 3.96. The predicted molar refractivity (Wildman–Crippen MR) is 61.0 cm³/mol. The van der Waals surface area contributed by atoms with E-state index in [4.69, 9.17) is 4.55 Å². The lowest BCUT2D eigenvalue weighted by Crippen LogP contribution is -2.10. The largest absolute Gasteiger partial charge is 0.506 e. The molecule has 9 heteroatoms. The number of benzene rings is 1. The van der Waals surface area contributed by atoms with Crippen LogP contribution >= 0.6 is 0 Å². The van der Waals surface area contributed by atoms with Crippen LogP contribution in [-0.4, -0.2) is 28.5 Å². The van der Waals surface area contributed by atoms with Gasteiger partial charge in [0.2, 0.25) is 10.0 Å². The highest BCUT2D eigenvalue weighted by Crippen LogP contribution is 2.27. The van der Waals surface area contributed by atoms with Crippen LogP contribution < -0.4 is 9.44 Å². The molecular weight excluding hydrogens is 256 g/mol. The molecule has 7 nitrogen and oxygen atoms in total. The Hall–Kier alpha value is -1.32. The smallest absolute Gasteiger partial charge is 0.259 e. The van der Waals surface area contributed by atoms with Gasteiger partial charge in [0.1, 0.15) is 5.75 Å². The lowest BCUT2D eigenvalue weighted by molar-refractivity contribution is 0.477. The summed E-state index contributed by atoms with van der Waals surface area (Å²) in [6.07, 6.45) is 0.927. The normalized spacial score (nSPS) is 13.1. The van der Waals surface area contributed by atoms with Gasteiger partial charge in [0.15, 0.2) is 0 Å². The van der Waals surface area contributed by atoms with Crippen LogP contribution in [0.3, 0.4) is 0 Å². The minimum Gasteiger partial charge on any atom is -0.506 e. The van der Waals surface area contributed by atoms with Gasteiger partial charge in [-0.25, -0.2) is 12.6 Å². The molecule has 90 valence electrons. The van der Waals surface area contributed by atoms with Crippen molar-refractivity contribution in [2.45, 2.75) is 0 Å². The number of anilines is 2. The van der Waals surface area contributed by atoms with Crippen molar-refractivity contribution in [3.05, 3.63) is 18.2 Å². The monoisotopic (exact) mass is 266 g/mol. The van der Waals surface area contributed by atoms with Gasteiger partial charge in [-0.2, -0.15) is 0 Å². The van der Waals surface area contributed by atoms with Gasteiger partial charge in [0.05, 0.1) is 17.6 Å². The van der Waals surface area contributed by atoms with Crippen molar-refractivity contribution in [2.24, 2.45) is 0 Å². The third kappa shape index (κ3) is 4.04. The summed E-state index contributed by atoms with van der Waals surface area (Å²) in [5, 5.41) is 9.34. The van der Waals surface area contributed by atoms with Gasteiger partial charge in [-0.05, 0) is 18.2 Å². The fraction of sp³-hybridized carbons (Fsp3) is 0.143. The van der Waals surface area contributed by atoms with Crippen LogP contribution in [0.4, 0.5) is 11.4 Å². The maximum Gasteiger partial charge on any atom is 0.259 e. The molecule has 0 radical (unpaired) electrons. The highest BCUT2D eigenvalue weighted by molar-refractivity contribution is 7.92. The molecule has 16 heavy (non-hydrogen) atoms. The third-order valence-electron chi connectivity index (χ3n) is 1.50. The van der Waals surface area contributed by atoms with Crippen molar-refractivity contribution in [3.8, 4) is 5.75 Å². The first kappa shape index (κ1) is 12.7. The Labute approximate surface area is 95.0 Å². The molecule has 0 aliphatic rings. The van der Waals surface area contributed by atoms with Gasteiger partial charge >= 0.3 is 0 Å². The Morgan fingerprint density at radius 2 is 2.00 bits per heavy atom. The first-order valence-corrected chi connectivity index (χ1v) is 6.96. The lowest BCUT2D eigenvalue weighted by atomic mass is 10.3. The predicted octanol–water partition coefficient (Wildman–Crippen LogP) is 0.312. The summed E-state index contributed by atoms with van der Waals surface area (Å²) < 4.78 is 45.1. The molecule has 0 heterocycles. The van der Waals surface area contributed by atoms with E-state index in [0.29, 0.717) is 0 Å². The number of phenolic OH excluding ortho intramolecular Hbond substituents is 1. The summed E-state index contributed by atoms with van der Waals surface area (Å²) in [5.74, 6) is -0.278. The topological polar surface area (TPSA) is 116 Å². The van der Waals surface area contributed by atoms with Crippen LogP contribution in [-0.2, 0) is 21.3 Å². The summed E-state index contributed by atoms with van der Waals surface area (Å²) in [7, 11) is -3.52. The van der Waals surface area contributed by atoms with Gasteiger partial charge in [0.25, 0.3) is 11.3 Å². The number of rotatable bonds is 4. The molecule has 1 unspecified atom stereocenters. The Balaban J connectivity index is 3.04. The van der Waals surface area contributed by atoms with Crippen molar-refractivity contribution < 1.29 is 22.3 Å². The molecule has 1 rings (SSSR count). The SMILES string of the molecule is CS(=O)(=O)Nc1cc(NS(=O)O)ccc1O. The Morgan fingerprint density at radius 1 is 1.38 bits per heavy atom. The van der Waals surface area contributed by atoms with E-state index in [1.165, 1.54) is 18.2 Å². The minimum atomic E-state index is -3.52. The highest BCUT2D eigenvalue weighted by Gasteiger charge is 2.08. The van der Waals surface area contributed by atoms with Crippen LogP contribution in [0.15, 0.2) is 18.2 Å². The molecule has 0 saturated heterocycles. The summed E-state index contributed by atoms with van der Waals surface area (Å²) in [6.45, 7) is 0. The summed E-state index contributed by atoms with van der Waals surface area (Å²) in [6, 6.07) is 3.73. The van der Waals surface area contributed by atoms with E-state index in [1.807, 2.05) is 0 Å². The number of nitrogens with one attached hydrogen (secondary N) is 2. The zero-order valence-electron chi connectivity index (χ0n) is 8.17. The maximum absolute atomic E-state index is 10.9. The second-order valence-corrected chi connectivity index (χ2v) is 5.41. The fourth-order valence-electron chi connectivity index (χ4n) is 0.982. The van der Waals surface area contributed by atoms with Crippen LogP contribution in [0.2, 0.25) is 0 Å². The second kappa shape index (κ2) is 4.68. The van der Waals surface area contributed by atoms with Gasteiger partial charge in [-0.15, -0.1) is 0 Å². The molecule has 0 spiro atoms. The minimum absolute atomic E-state index is 0.0713. The van der Waals surface area contributed by atoms with Gasteiger partial charge in [0, 0.05) is 0 Å². The van der Waals surface area contributed by atoms with Gasteiger partial charge in [-0.3, -0.25) is 14.0 Å². The van der Waals surface area contributed by atoms with E-state index in [9.17, 15) is 17.7 Å². The number of hydrogen-bond acceptors (Lipinski definition) is 4. The molecular formula is C7H10N2O5S2. The lowest BCUT2D eigenvalue weighted by Gasteiger charge is -2.08. The zero-order chi connectivity index (χ0) is 12.3. The van der Waals surface area contributed by atoms with E-state index in [0.717, 1.165) is 6.26 Å². The van der Waals surface area contributed by atoms with Crippen molar-refractivity contribution in [3.63, 3.8) is 0 Å². The standard InChI is InChI=1S/C7H10N2O5S2/c1-16(13,14)9-6-4-5(8-15(11)12)2-3-7(6)10/h2-4,8-10H,1H3,(H,11,12). The van der Waals surface area contributed by atoms with Gasteiger partial charge in [-0.1, -0.05) is 0 Å². The quantitative estimate of drug-likeness (QED) is 0.355. The van der Waals surface area contributed by atoms with E-state index < -0.39 is 21.3 Å². The van der Waals surface area contributed by atoms with Gasteiger partial charge < -0.3 is 5.11 Å². The van der Waals surface area contributed by atoms with E-state index in [2.05, 4.69) is 9.44 Å². The molecule has 1 aromatic carbocycles. The molecule has 0 aromatic heterocycles. The average Bonchev–Trinajstić information content (AvgIpc) is 2.07. The molecule has 4 N–H and O–H groups in total. The van der Waals surface area contributed by atoms with Crippen LogP contribution in [0.25, 0.3) is 0 Å². The second-order valence-electron chi connectivity index (χ2n) is 2.96. The van der Waals surface area contributed by atoms with Crippen molar-refractivity contribution in [2.75, 3.05) is 15.7 Å². The van der Waals surface area contributed by atoms with Crippen molar-refractivity contribution >= 4 is 32.7 Å². The molecule has 1 atom stereocenters. The van der Waals surface area contributed by atoms with E-state index >= 15 is 0 Å². The number of sulfonamides is 1. The summed E-state index contributed by atoms with van der Waals surface area (Å²) >= 11 is -2.26. The maximum atomic E-state index is 10.9. The van der Waals surface area contributed by atoms with Crippen molar-refractivity contribution in [1.82, 2.24) is 0 Å². The van der Waals surface area contributed by atoms with Crippen LogP contribution in [0.1, 0.15) is 0 Å². The molecule has 0 aliphatic carbocycles. The van der Waals surface area contributed by atoms with Crippen molar-refractivity contribution in [1.29, 1.82) is 0 Å². The highest BCUT2D eigenvalue weighted by atomic mass is 32.2. The van der Waals surface area contributed by atoms with Crippen LogP contribution in [0, 0.1) is 0 Å². The Bertz CT molecular complexity index is 514. The molecule has 0 saturated carbocycles. The Kier molecular flexibility index (Phi) is 3.73. The first-order chi connectivity index (χ1) is 7.28. The molecule has 0 aliphatic heterocycles. The number of phenols is 1. The molecule has 0 bridgehead atoms. The number of hydrogen-bond donors (Lipinski definition) is 4. The third-order valence-corrected chi connectivity index (χ3v) is 2.50. The zero-order valence-corrected chi connectivity index (χ0v) is 9.80. The fourth-order valence-corrected chi connectivity index (χ4v) is 1.87. The van der Waals surface area contributed by atoms with E-state index in [1.54, 1.807) is 0 Å². The summed E-state index contributed by atoms with van der Waals surface area (Å²) in [4.78, 5) is 0. The molecule has 0 fully saturated rings. The van der Waals surface area contributed by atoms with E-state index in [-0.39, 0.29) is 17.1 Å². The average molecular weight is 266 g/mol. The van der Waals surface area contributed by atoms with Crippen LogP contribution in [0.5, 0.6) is 5.75 Å². The number of aromatic hydroxyl groups is 1.